The molecule has 0 spiro atoms. The van der Waals surface area contributed by atoms with Crippen molar-refractivity contribution in [2.24, 2.45) is 11.8 Å². The molecule has 2 aliphatic carbocycles. The number of ether oxygens (including phenoxy) is 1. The Kier molecular flexibility index (Phi) is 10.2. The van der Waals surface area contributed by atoms with Crippen LogP contribution in [0.4, 0.5) is 5.69 Å². The normalized spacial score (nSPS) is 17.4. The van der Waals surface area contributed by atoms with Crippen molar-refractivity contribution in [3.8, 4) is 0 Å². The highest BCUT2D eigenvalue weighted by molar-refractivity contribution is 7.17. The van der Waals surface area contributed by atoms with Gasteiger partial charge in [-0.25, -0.2) is 0 Å². The standard InChI is InChI=1S/C40H44N2O3S2/c43-37(45-39(28-13-5-2-6-14-28)34-26-47-36-18-10-8-16-32(34)36)23-24-41-40(44)29-19-21-30(22-20-29)42-38(27-11-3-1-4-12-27)33-25-46-35-17-9-7-15-31(33)35/h7-10,15-22,25-28,38-39,42H,1-6,11-14,23-24H2,(H,41,44). The predicted octanol–water partition coefficient (Wildman–Crippen LogP) is 10.8. The van der Waals surface area contributed by atoms with E-state index in [0.29, 0.717) is 17.4 Å². The van der Waals surface area contributed by atoms with Gasteiger partial charge < -0.3 is 15.4 Å². The second kappa shape index (κ2) is 15.0. The molecule has 5 aromatic rings. The summed E-state index contributed by atoms with van der Waals surface area (Å²) in [6, 6.07) is 25.0. The molecule has 1 amide bonds. The van der Waals surface area contributed by atoms with Gasteiger partial charge in [0.25, 0.3) is 5.91 Å². The maximum absolute atomic E-state index is 13.1. The molecule has 244 valence electrons. The quantitative estimate of drug-likeness (QED) is 0.138. The van der Waals surface area contributed by atoms with Crippen molar-refractivity contribution in [3.05, 3.63) is 100 Å². The first-order valence-electron chi connectivity index (χ1n) is 17.4. The fourth-order valence-electron chi connectivity index (χ4n) is 7.70. The third-order valence-electron chi connectivity index (χ3n) is 10.2. The average Bonchev–Trinajstić information content (AvgIpc) is 3.75. The first-order chi connectivity index (χ1) is 23.1. The van der Waals surface area contributed by atoms with Gasteiger partial charge in [-0.15, -0.1) is 22.7 Å². The van der Waals surface area contributed by atoms with Crippen molar-refractivity contribution in [2.45, 2.75) is 82.8 Å². The van der Waals surface area contributed by atoms with Gasteiger partial charge in [0.1, 0.15) is 6.10 Å². The number of hydrogen-bond donors (Lipinski definition) is 2. The maximum atomic E-state index is 13.1. The highest BCUT2D eigenvalue weighted by atomic mass is 32.1. The molecular formula is C40H44N2O3S2. The molecule has 2 N–H and O–H groups in total. The highest BCUT2D eigenvalue weighted by Crippen LogP contribution is 2.43. The van der Waals surface area contributed by atoms with Crippen LogP contribution in [0.25, 0.3) is 20.2 Å². The summed E-state index contributed by atoms with van der Waals surface area (Å²) in [4.78, 5) is 26.2. The van der Waals surface area contributed by atoms with Gasteiger partial charge >= 0.3 is 5.97 Å². The first-order valence-corrected chi connectivity index (χ1v) is 19.2. The van der Waals surface area contributed by atoms with E-state index in [1.807, 2.05) is 35.6 Å². The molecule has 47 heavy (non-hydrogen) atoms. The van der Waals surface area contributed by atoms with E-state index in [0.717, 1.165) is 24.1 Å². The Morgan fingerprint density at radius 3 is 1.94 bits per heavy atom. The van der Waals surface area contributed by atoms with Gasteiger partial charge in [-0.1, -0.05) is 74.9 Å². The second-order valence-corrected chi connectivity index (χ2v) is 15.1. The molecule has 2 fully saturated rings. The van der Waals surface area contributed by atoms with Crippen molar-refractivity contribution < 1.29 is 14.3 Å². The molecule has 0 bridgehead atoms. The minimum atomic E-state index is -0.259. The largest absolute Gasteiger partial charge is 0.457 e. The summed E-state index contributed by atoms with van der Waals surface area (Å²) in [5, 5.41) is 13.8. The lowest BCUT2D eigenvalue weighted by Gasteiger charge is -2.32. The number of thiophene rings is 2. The van der Waals surface area contributed by atoms with Crippen LogP contribution < -0.4 is 10.6 Å². The monoisotopic (exact) mass is 664 g/mol. The summed E-state index contributed by atoms with van der Waals surface area (Å²) in [5.41, 5.74) is 4.11. The van der Waals surface area contributed by atoms with Crippen molar-refractivity contribution in [2.75, 3.05) is 11.9 Å². The molecule has 3 aromatic carbocycles. The van der Waals surface area contributed by atoms with Gasteiger partial charge in [-0.05, 0) is 95.1 Å². The minimum Gasteiger partial charge on any atom is -0.457 e. The van der Waals surface area contributed by atoms with Crippen LogP contribution in [0, 0.1) is 11.8 Å². The Labute approximate surface area is 285 Å². The lowest BCUT2D eigenvalue weighted by atomic mass is 9.81. The molecule has 2 atom stereocenters. The zero-order chi connectivity index (χ0) is 32.0. The van der Waals surface area contributed by atoms with Crippen LogP contribution in [0.2, 0.25) is 0 Å². The summed E-state index contributed by atoms with van der Waals surface area (Å²) in [6.07, 6.45) is 12.0. The Bertz CT molecular complexity index is 1800. The number of carbonyl (C=O) groups is 2. The number of rotatable bonds is 11. The summed E-state index contributed by atoms with van der Waals surface area (Å²) in [7, 11) is 0. The first kappa shape index (κ1) is 31.9. The van der Waals surface area contributed by atoms with E-state index >= 15 is 0 Å². The van der Waals surface area contributed by atoms with Crippen LogP contribution in [0.5, 0.6) is 0 Å². The Morgan fingerprint density at radius 2 is 1.28 bits per heavy atom. The van der Waals surface area contributed by atoms with Crippen molar-refractivity contribution in [3.63, 3.8) is 0 Å². The van der Waals surface area contributed by atoms with E-state index in [9.17, 15) is 9.59 Å². The topological polar surface area (TPSA) is 67.4 Å². The zero-order valence-electron chi connectivity index (χ0n) is 26.9. The number of amides is 1. The lowest BCUT2D eigenvalue weighted by Crippen LogP contribution is -2.28. The molecule has 2 aromatic heterocycles. The molecule has 2 unspecified atom stereocenters. The molecule has 0 radical (unpaired) electrons. The number of esters is 1. The second-order valence-electron chi connectivity index (χ2n) is 13.3. The molecule has 0 saturated heterocycles. The third-order valence-corrected chi connectivity index (χ3v) is 12.2. The number of anilines is 1. The summed E-state index contributed by atoms with van der Waals surface area (Å²) < 4.78 is 8.74. The van der Waals surface area contributed by atoms with Gasteiger partial charge in [0, 0.05) is 38.7 Å². The molecule has 5 nitrogen and oxygen atoms in total. The maximum Gasteiger partial charge on any atom is 0.308 e. The van der Waals surface area contributed by atoms with Crippen molar-refractivity contribution >= 4 is 60.4 Å². The van der Waals surface area contributed by atoms with Gasteiger partial charge in [-0.3, -0.25) is 9.59 Å². The summed E-state index contributed by atoms with van der Waals surface area (Å²) >= 11 is 3.53. The van der Waals surface area contributed by atoms with Crippen LogP contribution in [0.3, 0.4) is 0 Å². The van der Waals surface area contributed by atoms with E-state index in [1.54, 1.807) is 11.3 Å². The molecule has 7 heteroatoms. The van der Waals surface area contributed by atoms with Crippen LogP contribution in [-0.2, 0) is 9.53 Å². The third kappa shape index (κ3) is 7.42. The number of nitrogens with one attached hydrogen (secondary N) is 2. The van der Waals surface area contributed by atoms with E-state index in [-0.39, 0.29) is 37.0 Å². The lowest BCUT2D eigenvalue weighted by molar-refractivity contribution is -0.152. The minimum absolute atomic E-state index is 0.147. The Balaban J connectivity index is 0.965. The van der Waals surface area contributed by atoms with Gasteiger partial charge in [-0.2, -0.15) is 0 Å². The van der Waals surface area contributed by atoms with Crippen LogP contribution in [0.15, 0.2) is 83.6 Å². The zero-order valence-corrected chi connectivity index (χ0v) is 28.6. The number of benzene rings is 3. The smallest absolute Gasteiger partial charge is 0.308 e. The number of carbonyl (C=O) groups excluding carboxylic acids is 2. The van der Waals surface area contributed by atoms with Crippen LogP contribution in [-0.4, -0.2) is 18.4 Å². The summed E-state index contributed by atoms with van der Waals surface area (Å²) in [5.74, 6) is 0.485. The number of fused-ring (bicyclic) bond motifs is 2. The van der Waals surface area contributed by atoms with E-state index < -0.39 is 0 Å². The van der Waals surface area contributed by atoms with E-state index in [4.69, 9.17) is 4.74 Å². The molecule has 0 aliphatic heterocycles. The molecule has 2 saturated carbocycles. The molecule has 2 heterocycles. The van der Waals surface area contributed by atoms with E-state index in [1.165, 1.54) is 77.1 Å². The molecule has 7 rings (SSSR count). The average molecular weight is 665 g/mol. The van der Waals surface area contributed by atoms with Crippen molar-refractivity contribution in [1.82, 2.24) is 5.32 Å². The fraction of sp³-hybridized carbons (Fsp3) is 0.400. The van der Waals surface area contributed by atoms with Gasteiger partial charge in [0.05, 0.1) is 12.5 Å². The Hall–Kier alpha value is -3.68. The van der Waals surface area contributed by atoms with Crippen LogP contribution in [0.1, 0.15) is 104 Å². The van der Waals surface area contributed by atoms with Gasteiger partial charge in [0.15, 0.2) is 0 Å². The van der Waals surface area contributed by atoms with Crippen LogP contribution >= 0.6 is 22.7 Å². The predicted molar refractivity (Wildman–Crippen MR) is 195 cm³/mol. The van der Waals surface area contributed by atoms with E-state index in [2.05, 4.69) is 69.9 Å². The number of hydrogen-bond acceptors (Lipinski definition) is 6. The highest BCUT2D eigenvalue weighted by Gasteiger charge is 2.31. The Morgan fingerprint density at radius 1 is 0.702 bits per heavy atom. The van der Waals surface area contributed by atoms with Gasteiger partial charge in [0.2, 0.25) is 0 Å². The fourth-order valence-corrected chi connectivity index (χ4v) is 9.69. The molecule has 2 aliphatic rings. The SMILES string of the molecule is O=C(CCNC(=O)c1ccc(NC(c2csc3ccccc23)C2CCCCC2)cc1)OC(c1csc2ccccc12)C1CCCCC1. The summed E-state index contributed by atoms with van der Waals surface area (Å²) in [6.45, 7) is 0.244. The van der Waals surface area contributed by atoms with Crippen molar-refractivity contribution in [1.29, 1.82) is 0 Å². The molecular weight excluding hydrogens is 621 g/mol.